The lowest BCUT2D eigenvalue weighted by Gasteiger charge is -2.18. The Morgan fingerprint density at radius 1 is 0.970 bits per heavy atom. The highest BCUT2D eigenvalue weighted by Crippen LogP contribution is 2.32. The lowest BCUT2D eigenvalue weighted by molar-refractivity contribution is 0.342. The van der Waals surface area contributed by atoms with Gasteiger partial charge in [0.15, 0.2) is 0 Å². The van der Waals surface area contributed by atoms with E-state index in [1.807, 2.05) is 24.3 Å². The summed E-state index contributed by atoms with van der Waals surface area (Å²) in [6, 6.07) is 18.4. The molecule has 2 aromatic carbocycles. The molecule has 2 aromatic heterocycles. The summed E-state index contributed by atoms with van der Waals surface area (Å²) in [5, 5.41) is 18.7. The van der Waals surface area contributed by atoms with Gasteiger partial charge >= 0.3 is 5.69 Å². The highest BCUT2D eigenvalue weighted by Gasteiger charge is 2.18. The van der Waals surface area contributed by atoms with E-state index in [9.17, 15) is 10.1 Å². The summed E-state index contributed by atoms with van der Waals surface area (Å²) >= 11 is 0. The van der Waals surface area contributed by atoms with E-state index in [1.54, 1.807) is 46.5 Å². The molecule has 0 aliphatic heterocycles. The molecule has 4 rings (SSSR count). The van der Waals surface area contributed by atoms with E-state index in [0.717, 1.165) is 16.6 Å². The standard InChI is InChI=1S/C26H23N5O2/c1-26(2,3)16-31-23-8-6-17(11-24(23)30(4)25(31)32)22-13-20(7-5-18(22)14-27)33-21-9-10-29-19(12-21)15-28/h5-13H,16H2,1-4H3. The minimum atomic E-state index is -0.0688. The van der Waals surface area contributed by atoms with E-state index in [4.69, 9.17) is 10.00 Å². The second-order valence-electron chi connectivity index (χ2n) is 9.10. The monoisotopic (exact) mass is 437 g/mol. The number of hydrogen-bond donors (Lipinski definition) is 0. The highest BCUT2D eigenvalue weighted by molar-refractivity contribution is 5.84. The predicted molar refractivity (Wildman–Crippen MR) is 126 cm³/mol. The zero-order chi connectivity index (χ0) is 23.8. The Bertz CT molecular complexity index is 1510. The van der Waals surface area contributed by atoms with E-state index < -0.39 is 0 Å². The molecule has 0 spiro atoms. The SMILES string of the molecule is Cn1c(=O)n(CC(C)(C)C)c2ccc(-c3cc(Oc4ccnc(C#N)c4)ccc3C#N)cc21. The van der Waals surface area contributed by atoms with Gasteiger partial charge < -0.3 is 4.74 Å². The number of benzene rings is 2. The van der Waals surface area contributed by atoms with Gasteiger partial charge in [0, 0.05) is 31.4 Å². The molecule has 0 fully saturated rings. The van der Waals surface area contributed by atoms with Gasteiger partial charge in [-0.1, -0.05) is 26.8 Å². The van der Waals surface area contributed by atoms with Crippen molar-refractivity contribution in [1.82, 2.24) is 14.1 Å². The molecule has 164 valence electrons. The number of fused-ring (bicyclic) bond motifs is 1. The average Bonchev–Trinajstić information content (AvgIpc) is 3.02. The number of nitrogens with zero attached hydrogens (tertiary/aromatic N) is 5. The maximum absolute atomic E-state index is 12.9. The Hall–Kier alpha value is -4.36. The second kappa shape index (κ2) is 8.29. The van der Waals surface area contributed by atoms with E-state index in [0.29, 0.717) is 29.2 Å². The maximum atomic E-state index is 12.9. The quantitative estimate of drug-likeness (QED) is 0.448. The molecule has 0 saturated heterocycles. The fourth-order valence-electron chi connectivity index (χ4n) is 3.80. The van der Waals surface area contributed by atoms with Crippen LogP contribution in [-0.2, 0) is 13.6 Å². The van der Waals surface area contributed by atoms with E-state index in [-0.39, 0.29) is 16.8 Å². The Labute approximate surface area is 191 Å². The molecule has 0 atom stereocenters. The van der Waals surface area contributed by atoms with Crippen molar-refractivity contribution < 1.29 is 4.74 Å². The van der Waals surface area contributed by atoms with Crippen molar-refractivity contribution in [3.8, 4) is 34.8 Å². The van der Waals surface area contributed by atoms with Gasteiger partial charge in [-0.25, -0.2) is 9.78 Å². The fraction of sp³-hybridized carbons (Fsp3) is 0.231. The van der Waals surface area contributed by atoms with Crippen LogP contribution in [0, 0.1) is 28.1 Å². The van der Waals surface area contributed by atoms with Crippen LogP contribution in [0.5, 0.6) is 11.5 Å². The van der Waals surface area contributed by atoms with Crippen LogP contribution < -0.4 is 10.4 Å². The van der Waals surface area contributed by atoms with Crippen LogP contribution in [0.15, 0.2) is 59.5 Å². The van der Waals surface area contributed by atoms with Crippen LogP contribution in [-0.4, -0.2) is 14.1 Å². The summed E-state index contributed by atoms with van der Waals surface area (Å²) < 4.78 is 9.34. The Kier molecular flexibility index (Phi) is 5.49. The number of hydrogen-bond acceptors (Lipinski definition) is 5. The molecule has 0 aliphatic rings. The number of aromatic nitrogens is 3. The van der Waals surface area contributed by atoms with Gasteiger partial charge in [-0.05, 0) is 47.4 Å². The Morgan fingerprint density at radius 3 is 2.42 bits per heavy atom. The summed E-state index contributed by atoms with van der Waals surface area (Å²) in [5.41, 5.74) is 3.79. The molecule has 7 nitrogen and oxygen atoms in total. The zero-order valence-corrected chi connectivity index (χ0v) is 19.0. The minimum absolute atomic E-state index is 0.0468. The molecular weight excluding hydrogens is 414 g/mol. The van der Waals surface area contributed by atoms with Crippen molar-refractivity contribution in [2.45, 2.75) is 27.3 Å². The first-order valence-electron chi connectivity index (χ1n) is 10.5. The largest absolute Gasteiger partial charge is 0.457 e. The molecule has 0 unspecified atom stereocenters. The third-order valence-corrected chi connectivity index (χ3v) is 5.28. The summed E-state index contributed by atoms with van der Waals surface area (Å²) in [7, 11) is 1.76. The molecule has 4 aromatic rings. The van der Waals surface area contributed by atoms with Crippen molar-refractivity contribution in [3.05, 3.63) is 76.5 Å². The number of imidazole rings is 1. The molecule has 0 radical (unpaired) electrons. The number of ether oxygens (including phenoxy) is 1. The molecule has 2 heterocycles. The van der Waals surface area contributed by atoms with E-state index in [2.05, 4.69) is 31.8 Å². The normalized spacial score (nSPS) is 11.2. The van der Waals surface area contributed by atoms with Crippen molar-refractivity contribution in [1.29, 1.82) is 10.5 Å². The zero-order valence-electron chi connectivity index (χ0n) is 19.0. The van der Waals surface area contributed by atoms with Crippen LogP contribution >= 0.6 is 0 Å². The molecule has 0 amide bonds. The maximum Gasteiger partial charge on any atom is 0.328 e. The van der Waals surface area contributed by atoms with Gasteiger partial charge in [-0.15, -0.1) is 0 Å². The molecule has 33 heavy (non-hydrogen) atoms. The lowest BCUT2D eigenvalue weighted by Crippen LogP contribution is -2.27. The summed E-state index contributed by atoms with van der Waals surface area (Å²) in [5.74, 6) is 1.01. The van der Waals surface area contributed by atoms with Crippen molar-refractivity contribution in [2.24, 2.45) is 12.5 Å². The summed E-state index contributed by atoms with van der Waals surface area (Å²) in [6.45, 7) is 6.89. The molecule has 0 bridgehead atoms. The minimum Gasteiger partial charge on any atom is -0.457 e. The smallest absolute Gasteiger partial charge is 0.328 e. The van der Waals surface area contributed by atoms with Crippen LogP contribution in [0.3, 0.4) is 0 Å². The number of aryl methyl sites for hydroxylation is 1. The van der Waals surface area contributed by atoms with Gasteiger partial charge in [0.05, 0.1) is 22.7 Å². The summed E-state index contributed by atoms with van der Waals surface area (Å²) in [4.78, 5) is 16.8. The molecule has 0 aliphatic carbocycles. The van der Waals surface area contributed by atoms with Gasteiger partial charge in [-0.3, -0.25) is 9.13 Å². The Morgan fingerprint density at radius 2 is 1.73 bits per heavy atom. The third-order valence-electron chi connectivity index (χ3n) is 5.28. The molecule has 7 heteroatoms. The Balaban J connectivity index is 1.79. The molecule has 0 saturated carbocycles. The van der Waals surface area contributed by atoms with Crippen LogP contribution in [0.1, 0.15) is 32.0 Å². The highest BCUT2D eigenvalue weighted by atomic mass is 16.5. The number of rotatable bonds is 4. The number of pyridine rings is 1. The average molecular weight is 438 g/mol. The third kappa shape index (κ3) is 4.35. The fourth-order valence-corrected chi connectivity index (χ4v) is 3.80. The topological polar surface area (TPSA) is 96.6 Å². The molecular formula is C26H23N5O2. The van der Waals surface area contributed by atoms with Crippen LogP contribution in [0.2, 0.25) is 0 Å². The van der Waals surface area contributed by atoms with E-state index in [1.165, 1.54) is 6.20 Å². The van der Waals surface area contributed by atoms with Crippen molar-refractivity contribution in [3.63, 3.8) is 0 Å². The number of nitriles is 2. The van der Waals surface area contributed by atoms with Gasteiger partial charge in [0.1, 0.15) is 23.3 Å². The molecule has 0 N–H and O–H groups in total. The summed E-state index contributed by atoms with van der Waals surface area (Å²) in [6.07, 6.45) is 1.51. The van der Waals surface area contributed by atoms with Gasteiger partial charge in [-0.2, -0.15) is 10.5 Å². The first kappa shape index (κ1) is 21.9. The first-order valence-corrected chi connectivity index (χ1v) is 10.5. The van der Waals surface area contributed by atoms with Crippen LogP contribution in [0.25, 0.3) is 22.2 Å². The van der Waals surface area contributed by atoms with E-state index >= 15 is 0 Å². The second-order valence-corrected chi connectivity index (χ2v) is 9.10. The lowest BCUT2D eigenvalue weighted by atomic mass is 9.96. The predicted octanol–water partition coefficient (Wildman–Crippen LogP) is 4.98. The van der Waals surface area contributed by atoms with Gasteiger partial charge in [0.2, 0.25) is 0 Å². The first-order chi connectivity index (χ1) is 15.7. The van der Waals surface area contributed by atoms with Gasteiger partial charge in [0.25, 0.3) is 0 Å². The van der Waals surface area contributed by atoms with Crippen molar-refractivity contribution in [2.75, 3.05) is 0 Å². The van der Waals surface area contributed by atoms with Crippen molar-refractivity contribution >= 4 is 11.0 Å². The van der Waals surface area contributed by atoms with Crippen LogP contribution in [0.4, 0.5) is 0 Å².